The smallest absolute Gasteiger partial charge is 0.338 e. The standard InChI is InChI=1S/C17H21N5O2/c1-3-4-5-10-24-16(23)14-12(2)21-17-19-11-20-22(17)15(14)13-6-8-18-9-7-13/h6-9,11,15H,3-5,10H2,1-2H3,(H,19,20,21). The summed E-state index contributed by atoms with van der Waals surface area (Å²) in [7, 11) is 0. The van der Waals surface area contributed by atoms with Crippen LogP contribution >= 0.6 is 0 Å². The van der Waals surface area contributed by atoms with Crippen LogP contribution in [0.4, 0.5) is 5.95 Å². The third-order valence-corrected chi connectivity index (χ3v) is 4.02. The molecule has 0 fully saturated rings. The van der Waals surface area contributed by atoms with Crippen LogP contribution in [0.25, 0.3) is 0 Å². The number of rotatable bonds is 6. The molecule has 0 saturated carbocycles. The average molecular weight is 327 g/mol. The number of unbranched alkanes of at least 4 members (excludes halogenated alkanes) is 2. The van der Waals surface area contributed by atoms with Crippen LogP contribution in [0.15, 0.2) is 42.1 Å². The van der Waals surface area contributed by atoms with Gasteiger partial charge in [0.25, 0.3) is 0 Å². The molecule has 126 valence electrons. The van der Waals surface area contributed by atoms with Crippen LogP contribution in [0.5, 0.6) is 0 Å². The van der Waals surface area contributed by atoms with Crippen molar-refractivity contribution >= 4 is 11.9 Å². The molecule has 0 aromatic carbocycles. The zero-order chi connectivity index (χ0) is 16.9. The summed E-state index contributed by atoms with van der Waals surface area (Å²) in [6.45, 7) is 4.40. The first-order chi connectivity index (χ1) is 11.7. The summed E-state index contributed by atoms with van der Waals surface area (Å²) >= 11 is 0. The summed E-state index contributed by atoms with van der Waals surface area (Å²) in [5.41, 5.74) is 2.20. The fourth-order valence-electron chi connectivity index (χ4n) is 2.80. The molecule has 1 aliphatic heterocycles. The number of ether oxygens (including phenoxy) is 1. The number of hydrogen-bond donors (Lipinski definition) is 1. The first-order valence-electron chi connectivity index (χ1n) is 8.16. The summed E-state index contributed by atoms with van der Waals surface area (Å²) < 4.78 is 7.18. The van der Waals surface area contributed by atoms with Gasteiger partial charge in [0.15, 0.2) is 0 Å². The largest absolute Gasteiger partial charge is 0.462 e. The van der Waals surface area contributed by atoms with Gasteiger partial charge in [-0.15, -0.1) is 0 Å². The van der Waals surface area contributed by atoms with Crippen molar-refractivity contribution in [3.8, 4) is 0 Å². The van der Waals surface area contributed by atoms with Crippen LogP contribution in [0.1, 0.15) is 44.7 Å². The molecule has 0 spiro atoms. The van der Waals surface area contributed by atoms with Crippen molar-refractivity contribution in [1.82, 2.24) is 19.7 Å². The molecule has 0 amide bonds. The van der Waals surface area contributed by atoms with Crippen LogP contribution in [0, 0.1) is 0 Å². The van der Waals surface area contributed by atoms with E-state index in [0.717, 1.165) is 30.5 Å². The van der Waals surface area contributed by atoms with Gasteiger partial charge in [0.05, 0.1) is 12.2 Å². The van der Waals surface area contributed by atoms with Crippen molar-refractivity contribution in [2.45, 2.75) is 39.2 Å². The number of anilines is 1. The van der Waals surface area contributed by atoms with Crippen LogP contribution in [-0.2, 0) is 9.53 Å². The van der Waals surface area contributed by atoms with Gasteiger partial charge in [0.1, 0.15) is 12.4 Å². The number of nitrogens with zero attached hydrogens (tertiary/aromatic N) is 4. The second kappa shape index (κ2) is 7.25. The van der Waals surface area contributed by atoms with Gasteiger partial charge >= 0.3 is 5.97 Å². The zero-order valence-corrected chi connectivity index (χ0v) is 13.9. The van der Waals surface area contributed by atoms with Crippen LogP contribution < -0.4 is 5.32 Å². The first kappa shape index (κ1) is 16.2. The minimum atomic E-state index is -0.370. The van der Waals surface area contributed by atoms with Crippen molar-refractivity contribution < 1.29 is 9.53 Å². The number of pyridine rings is 1. The lowest BCUT2D eigenvalue weighted by Crippen LogP contribution is -2.29. The molecule has 1 aliphatic rings. The molecule has 0 aliphatic carbocycles. The van der Waals surface area contributed by atoms with Gasteiger partial charge in [-0.3, -0.25) is 4.98 Å². The van der Waals surface area contributed by atoms with E-state index in [1.54, 1.807) is 17.1 Å². The first-order valence-corrected chi connectivity index (χ1v) is 8.16. The maximum absolute atomic E-state index is 12.7. The maximum Gasteiger partial charge on any atom is 0.338 e. The topological polar surface area (TPSA) is 81.9 Å². The number of allylic oxidation sites excluding steroid dienone is 1. The Hall–Kier alpha value is -2.70. The van der Waals surface area contributed by atoms with Crippen molar-refractivity contribution in [1.29, 1.82) is 0 Å². The molecule has 0 saturated heterocycles. The highest BCUT2D eigenvalue weighted by Gasteiger charge is 2.34. The van der Waals surface area contributed by atoms with Crippen LogP contribution in [-0.4, -0.2) is 32.3 Å². The van der Waals surface area contributed by atoms with E-state index in [0.29, 0.717) is 18.1 Å². The van der Waals surface area contributed by atoms with E-state index in [9.17, 15) is 4.79 Å². The van der Waals surface area contributed by atoms with Crippen molar-refractivity contribution in [3.63, 3.8) is 0 Å². The second-order valence-electron chi connectivity index (χ2n) is 5.72. The van der Waals surface area contributed by atoms with E-state index >= 15 is 0 Å². The third-order valence-electron chi connectivity index (χ3n) is 4.02. The minimum Gasteiger partial charge on any atom is -0.462 e. The van der Waals surface area contributed by atoms with Gasteiger partial charge in [0, 0.05) is 18.1 Å². The molecule has 0 radical (unpaired) electrons. The zero-order valence-electron chi connectivity index (χ0n) is 13.9. The Kier molecular flexibility index (Phi) is 4.88. The van der Waals surface area contributed by atoms with Gasteiger partial charge < -0.3 is 10.1 Å². The lowest BCUT2D eigenvalue weighted by atomic mass is 9.96. The van der Waals surface area contributed by atoms with Gasteiger partial charge in [-0.25, -0.2) is 9.48 Å². The maximum atomic E-state index is 12.7. The van der Waals surface area contributed by atoms with Crippen LogP contribution in [0.3, 0.4) is 0 Å². The third kappa shape index (κ3) is 3.15. The van der Waals surface area contributed by atoms with Crippen LogP contribution in [0.2, 0.25) is 0 Å². The molecular weight excluding hydrogens is 306 g/mol. The van der Waals surface area contributed by atoms with Gasteiger partial charge in [-0.2, -0.15) is 10.1 Å². The molecule has 2 aromatic heterocycles. The Morgan fingerprint density at radius 2 is 2.12 bits per heavy atom. The monoisotopic (exact) mass is 327 g/mol. The molecular formula is C17H21N5O2. The number of nitrogens with one attached hydrogen (secondary N) is 1. The predicted molar refractivity (Wildman–Crippen MR) is 89.2 cm³/mol. The molecule has 3 heterocycles. The normalized spacial score (nSPS) is 16.5. The molecule has 7 nitrogen and oxygen atoms in total. The Bertz CT molecular complexity index is 738. The van der Waals surface area contributed by atoms with Gasteiger partial charge in [-0.1, -0.05) is 19.8 Å². The predicted octanol–water partition coefficient (Wildman–Crippen LogP) is 2.70. The van der Waals surface area contributed by atoms with E-state index in [1.807, 2.05) is 19.1 Å². The Morgan fingerprint density at radius 3 is 2.88 bits per heavy atom. The average Bonchev–Trinajstić information content (AvgIpc) is 3.06. The number of aromatic nitrogens is 4. The summed E-state index contributed by atoms with van der Waals surface area (Å²) in [5, 5.41) is 7.40. The molecule has 24 heavy (non-hydrogen) atoms. The van der Waals surface area contributed by atoms with E-state index in [1.165, 1.54) is 6.33 Å². The molecule has 2 aromatic rings. The molecule has 1 atom stereocenters. The highest BCUT2D eigenvalue weighted by molar-refractivity contribution is 5.92. The lowest BCUT2D eigenvalue weighted by molar-refractivity contribution is -0.139. The Morgan fingerprint density at radius 1 is 1.33 bits per heavy atom. The fraction of sp³-hybridized carbons (Fsp3) is 0.412. The fourth-order valence-corrected chi connectivity index (χ4v) is 2.80. The Labute approximate surface area is 140 Å². The minimum absolute atomic E-state index is 0.320. The van der Waals surface area contributed by atoms with Gasteiger partial charge in [0.2, 0.25) is 5.95 Å². The van der Waals surface area contributed by atoms with E-state index < -0.39 is 0 Å². The molecule has 7 heteroatoms. The summed E-state index contributed by atoms with van der Waals surface area (Å²) in [5.74, 6) is 0.288. The number of carbonyl (C=O) groups is 1. The lowest BCUT2D eigenvalue weighted by Gasteiger charge is -2.28. The molecule has 0 bridgehead atoms. The summed E-state index contributed by atoms with van der Waals surface area (Å²) in [4.78, 5) is 20.9. The number of esters is 1. The number of hydrogen-bond acceptors (Lipinski definition) is 6. The van der Waals surface area contributed by atoms with E-state index in [4.69, 9.17) is 4.74 Å². The molecule has 3 rings (SSSR count). The summed E-state index contributed by atoms with van der Waals surface area (Å²) in [6, 6.07) is 3.38. The highest BCUT2D eigenvalue weighted by atomic mass is 16.5. The second-order valence-corrected chi connectivity index (χ2v) is 5.72. The number of fused-ring (bicyclic) bond motifs is 1. The Balaban J connectivity index is 1.91. The van der Waals surface area contributed by atoms with Crippen molar-refractivity contribution in [2.24, 2.45) is 0 Å². The van der Waals surface area contributed by atoms with E-state index in [-0.39, 0.29) is 12.0 Å². The SMILES string of the molecule is CCCCCOC(=O)C1=C(C)Nc2ncnn2C1c1ccncc1. The van der Waals surface area contributed by atoms with E-state index in [2.05, 4.69) is 27.3 Å². The quantitative estimate of drug-likeness (QED) is 0.649. The summed E-state index contributed by atoms with van der Waals surface area (Å²) in [6.07, 6.45) is 7.88. The van der Waals surface area contributed by atoms with Crippen molar-refractivity contribution in [2.75, 3.05) is 11.9 Å². The van der Waals surface area contributed by atoms with Crippen molar-refractivity contribution in [3.05, 3.63) is 47.7 Å². The number of carbonyl (C=O) groups excluding carboxylic acids is 1. The molecule has 1 unspecified atom stereocenters. The molecule has 1 N–H and O–H groups in total. The highest BCUT2D eigenvalue weighted by Crippen LogP contribution is 2.34. The van der Waals surface area contributed by atoms with Gasteiger partial charge in [-0.05, 0) is 31.0 Å².